The predicted octanol–water partition coefficient (Wildman–Crippen LogP) is 2.25. The van der Waals surface area contributed by atoms with Gasteiger partial charge in [-0.05, 0) is 31.0 Å². The third-order valence-electron chi connectivity index (χ3n) is 3.35. The second kappa shape index (κ2) is 6.91. The van der Waals surface area contributed by atoms with E-state index in [2.05, 4.69) is 15.7 Å². The van der Waals surface area contributed by atoms with Gasteiger partial charge in [0.25, 0.3) is 0 Å². The summed E-state index contributed by atoms with van der Waals surface area (Å²) in [6.07, 6.45) is 0.696. The van der Waals surface area contributed by atoms with E-state index in [1.807, 2.05) is 24.3 Å². The van der Waals surface area contributed by atoms with E-state index in [0.717, 1.165) is 11.3 Å². The average molecular weight is 317 g/mol. The molecule has 2 rings (SSSR count). The van der Waals surface area contributed by atoms with E-state index in [0.29, 0.717) is 24.5 Å². The molecule has 23 heavy (non-hydrogen) atoms. The van der Waals surface area contributed by atoms with E-state index < -0.39 is 4.92 Å². The van der Waals surface area contributed by atoms with E-state index in [9.17, 15) is 14.9 Å². The van der Waals surface area contributed by atoms with Crippen LogP contribution in [0.3, 0.4) is 0 Å². The first-order valence-corrected chi connectivity index (χ1v) is 7.17. The van der Waals surface area contributed by atoms with Crippen LogP contribution < -0.4 is 10.6 Å². The van der Waals surface area contributed by atoms with E-state index in [1.54, 1.807) is 14.0 Å². The highest BCUT2D eigenvalue weighted by Gasteiger charge is 2.23. The van der Waals surface area contributed by atoms with Gasteiger partial charge in [0.05, 0.1) is 4.92 Å². The molecule has 0 atom stereocenters. The van der Waals surface area contributed by atoms with Crippen molar-refractivity contribution in [3.63, 3.8) is 0 Å². The molecule has 8 nitrogen and oxygen atoms in total. The summed E-state index contributed by atoms with van der Waals surface area (Å²) in [5, 5.41) is 20.9. The molecule has 0 aliphatic rings. The van der Waals surface area contributed by atoms with Crippen LogP contribution in [0.1, 0.15) is 18.2 Å². The summed E-state index contributed by atoms with van der Waals surface area (Å²) in [7, 11) is 1.67. The second-order valence-corrected chi connectivity index (χ2v) is 5.22. The molecular formula is C15H19N5O3. The van der Waals surface area contributed by atoms with Crippen molar-refractivity contribution in [2.24, 2.45) is 7.05 Å². The van der Waals surface area contributed by atoms with Crippen LogP contribution in [0.4, 0.5) is 17.2 Å². The molecule has 2 N–H and O–H groups in total. The van der Waals surface area contributed by atoms with Crippen molar-refractivity contribution >= 4 is 23.1 Å². The minimum absolute atomic E-state index is 0.00788. The van der Waals surface area contributed by atoms with Gasteiger partial charge >= 0.3 is 5.69 Å². The molecule has 0 saturated heterocycles. The van der Waals surface area contributed by atoms with Crippen molar-refractivity contribution in [2.45, 2.75) is 20.3 Å². The Morgan fingerprint density at radius 1 is 1.35 bits per heavy atom. The van der Waals surface area contributed by atoms with Crippen LogP contribution in [0, 0.1) is 17.0 Å². The summed E-state index contributed by atoms with van der Waals surface area (Å²) in [4.78, 5) is 21.6. The van der Waals surface area contributed by atoms with Gasteiger partial charge in [-0.15, -0.1) is 0 Å². The number of anilines is 2. The third kappa shape index (κ3) is 4.06. The average Bonchev–Trinajstić information content (AvgIpc) is 2.74. The largest absolute Gasteiger partial charge is 0.364 e. The van der Waals surface area contributed by atoms with Crippen LogP contribution in [0.25, 0.3) is 0 Å². The molecule has 0 aliphatic carbocycles. The lowest BCUT2D eigenvalue weighted by Crippen LogP contribution is -2.10. The van der Waals surface area contributed by atoms with Gasteiger partial charge in [-0.3, -0.25) is 14.9 Å². The van der Waals surface area contributed by atoms with Gasteiger partial charge in [0.1, 0.15) is 5.69 Å². The van der Waals surface area contributed by atoms with Crippen molar-refractivity contribution in [2.75, 3.05) is 17.2 Å². The van der Waals surface area contributed by atoms with Crippen LogP contribution in [0.5, 0.6) is 0 Å². The van der Waals surface area contributed by atoms with Crippen LogP contribution in [-0.4, -0.2) is 27.2 Å². The number of nitrogens with zero attached hydrogens (tertiary/aromatic N) is 3. The van der Waals surface area contributed by atoms with Crippen molar-refractivity contribution in [3.05, 3.63) is 45.6 Å². The molecule has 1 aromatic carbocycles. The first kappa shape index (κ1) is 16.5. The smallest absolute Gasteiger partial charge is 0.333 e. The van der Waals surface area contributed by atoms with E-state index in [1.165, 1.54) is 11.6 Å². The monoisotopic (exact) mass is 317 g/mol. The maximum absolute atomic E-state index is 11.1. The molecule has 2 aromatic rings. The lowest BCUT2D eigenvalue weighted by atomic mass is 10.1. The minimum Gasteiger partial charge on any atom is -0.364 e. The van der Waals surface area contributed by atoms with Gasteiger partial charge in [-0.1, -0.05) is 12.1 Å². The predicted molar refractivity (Wildman–Crippen MR) is 87.5 cm³/mol. The quantitative estimate of drug-likeness (QED) is 0.628. The van der Waals surface area contributed by atoms with Crippen molar-refractivity contribution in [1.82, 2.24) is 9.78 Å². The van der Waals surface area contributed by atoms with Crippen molar-refractivity contribution in [1.29, 1.82) is 0 Å². The normalized spacial score (nSPS) is 10.4. The highest BCUT2D eigenvalue weighted by Crippen LogP contribution is 2.27. The molecule has 1 aromatic heterocycles. The lowest BCUT2D eigenvalue weighted by molar-refractivity contribution is -0.384. The first-order valence-electron chi connectivity index (χ1n) is 7.17. The molecule has 122 valence electrons. The highest BCUT2D eigenvalue weighted by molar-refractivity contribution is 5.88. The summed E-state index contributed by atoms with van der Waals surface area (Å²) in [6, 6.07) is 7.48. The van der Waals surface area contributed by atoms with Gasteiger partial charge in [0, 0.05) is 26.2 Å². The summed E-state index contributed by atoms with van der Waals surface area (Å²) < 4.78 is 1.48. The zero-order chi connectivity index (χ0) is 17.0. The Labute approximate surface area is 133 Å². The topological polar surface area (TPSA) is 102 Å². The minimum atomic E-state index is -0.424. The number of nitro groups is 1. The third-order valence-corrected chi connectivity index (χ3v) is 3.35. The Morgan fingerprint density at radius 2 is 2.00 bits per heavy atom. The number of nitrogens with one attached hydrogen (secondary N) is 2. The van der Waals surface area contributed by atoms with Crippen molar-refractivity contribution in [3.8, 4) is 0 Å². The SMILES string of the molecule is CC(=O)Nc1ccc(CCNc2c([N+](=O)[O-])c(C)nn2C)cc1. The van der Waals surface area contributed by atoms with Crippen LogP contribution >= 0.6 is 0 Å². The first-order chi connectivity index (χ1) is 10.9. The number of carbonyl (C=O) groups is 1. The van der Waals surface area contributed by atoms with Gasteiger partial charge < -0.3 is 10.6 Å². The Kier molecular flexibility index (Phi) is 4.95. The zero-order valence-corrected chi connectivity index (χ0v) is 13.3. The summed E-state index contributed by atoms with van der Waals surface area (Å²) in [5.74, 6) is 0.292. The molecular weight excluding hydrogens is 298 g/mol. The fraction of sp³-hybridized carbons (Fsp3) is 0.333. The molecule has 0 unspecified atom stereocenters. The Morgan fingerprint density at radius 3 is 2.57 bits per heavy atom. The Balaban J connectivity index is 1.98. The number of amides is 1. The number of rotatable bonds is 6. The van der Waals surface area contributed by atoms with E-state index in [4.69, 9.17) is 0 Å². The number of benzene rings is 1. The molecule has 0 bridgehead atoms. The Hall–Kier alpha value is -2.90. The zero-order valence-electron chi connectivity index (χ0n) is 13.3. The second-order valence-electron chi connectivity index (χ2n) is 5.22. The summed E-state index contributed by atoms with van der Waals surface area (Å²) in [5.41, 5.74) is 2.20. The maximum atomic E-state index is 11.1. The summed E-state index contributed by atoms with van der Waals surface area (Å²) in [6.45, 7) is 3.62. The fourth-order valence-electron chi connectivity index (χ4n) is 2.35. The maximum Gasteiger partial charge on any atom is 0.333 e. The number of hydrogen-bond acceptors (Lipinski definition) is 5. The standard InChI is InChI=1S/C15H19N5O3/c1-10-14(20(22)23)15(19(3)18-10)16-9-8-12-4-6-13(7-5-12)17-11(2)21/h4-7,16H,8-9H2,1-3H3,(H,17,21). The van der Waals surface area contributed by atoms with Gasteiger partial charge in [0.2, 0.25) is 11.7 Å². The number of carbonyl (C=O) groups excluding carboxylic acids is 1. The van der Waals surface area contributed by atoms with Gasteiger partial charge in [-0.25, -0.2) is 4.68 Å². The Bertz CT molecular complexity index is 721. The highest BCUT2D eigenvalue weighted by atomic mass is 16.6. The number of hydrogen-bond donors (Lipinski definition) is 2. The molecule has 1 amide bonds. The molecule has 1 heterocycles. The van der Waals surface area contributed by atoms with E-state index >= 15 is 0 Å². The fourth-order valence-corrected chi connectivity index (χ4v) is 2.35. The molecule has 0 fully saturated rings. The number of aryl methyl sites for hydroxylation is 2. The van der Waals surface area contributed by atoms with Crippen molar-refractivity contribution < 1.29 is 9.72 Å². The van der Waals surface area contributed by atoms with Crippen LogP contribution in [-0.2, 0) is 18.3 Å². The molecule has 0 spiro atoms. The van der Waals surface area contributed by atoms with Gasteiger partial charge in [-0.2, -0.15) is 5.10 Å². The molecule has 8 heteroatoms. The van der Waals surface area contributed by atoms with Gasteiger partial charge in [0.15, 0.2) is 0 Å². The lowest BCUT2D eigenvalue weighted by Gasteiger charge is -2.07. The van der Waals surface area contributed by atoms with Crippen LogP contribution in [0.15, 0.2) is 24.3 Å². The van der Waals surface area contributed by atoms with E-state index in [-0.39, 0.29) is 11.6 Å². The molecule has 0 radical (unpaired) electrons. The van der Waals surface area contributed by atoms with Crippen LogP contribution in [0.2, 0.25) is 0 Å². The molecule has 0 aliphatic heterocycles. The number of aromatic nitrogens is 2. The molecule has 0 saturated carbocycles. The summed E-state index contributed by atoms with van der Waals surface area (Å²) >= 11 is 0.